The van der Waals surface area contributed by atoms with E-state index < -0.39 is 0 Å². The maximum Gasteiger partial charge on any atom is 0.457 e. The van der Waals surface area contributed by atoms with Gasteiger partial charge in [-0.3, -0.25) is 0 Å². The second kappa shape index (κ2) is 6.93. The lowest BCUT2D eigenvalue weighted by Gasteiger charge is -2.32. The monoisotopic (exact) mass is 320 g/mol. The van der Waals surface area contributed by atoms with Crippen LogP contribution in [0.3, 0.4) is 0 Å². The Labute approximate surface area is 138 Å². The van der Waals surface area contributed by atoms with Crippen molar-refractivity contribution < 1.29 is 23.6 Å². The van der Waals surface area contributed by atoms with Gasteiger partial charge in [0.25, 0.3) is 0 Å². The van der Waals surface area contributed by atoms with Crippen LogP contribution in [0.2, 0.25) is 6.32 Å². The molecule has 23 heavy (non-hydrogen) atoms. The molecule has 1 saturated heterocycles. The van der Waals surface area contributed by atoms with Gasteiger partial charge in [-0.05, 0) is 64.7 Å². The smallest absolute Gasteiger partial charge is 0.457 e. The zero-order valence-corrected chi connectivity index (χ0v) is 14.5. The van der Waals surface area contributed by atoms with Gasteiger partial charge in [0.15, 0.2) is 0 Å². The SMILES string of the molecule is COC(=O)c1ccc(OCCCB2OC(C)(C)C(C)(C)O2)cc1. The average Bonchev–Trinajstić information content (AvgIpc) is 2.71. The highest BCUT2D eigenvalue weighted by Gasteiger charge is 2.50. The fourth-order valence-electron chi connectivity index (χ4n) is 2.33. The molecule has 0 aliphatic carbocycles. The number of carbonyl (C=O) groups is 1. The Morgan fingerprint density at radius 3 is 2.17 bits per heavy atom. The molecule has 1 heterocycles. The molecule has 1 aromatic carbocycles. The Morgan fingerprint density at radius 1 is 1.09 bits per heavy atom. The van der Waals surface area contributed by atoms with Crippen molar-refractivity contribution in [3.8, 4) is 5.75 Å². The predicted octanol–water partition coefficient (Wildman–Crippen LogP) is 3.33. The summed E-state index contributed by atoms with van der Waals surface area (Å²) in [6.45, 7) is 8.76. The maximum absolute atomic E-state index is 11.3. The number of benzene rings is 1. The summed E-state index contributed by atoms with van der Waals surface area (Å²) in [6, 6.07) is 6.91. The van der Waals surface area contributed by atoms with Crippen molar-refractivity contribution in [1.82, 2.24) is 0 Å². The van der Waals surface area contributed by atoms with Gasteiger partial charge in [0.2, 0.25) is 0 Å². The largest absolute Gasteiger partial charge is 0.494 e. The Balaban J connectivity index is 1.73. The van der Waals surface area contributed by atoms with Crippen LogP contribution in [0.4, 0.5) is 0 Å². The molecule has 1 fully saturated rings. The first-order chi connectivity index (χ1) is 10.7. The highest BCUT2D eigenvalue weighted by molar-refractivity contribution is 6.45. The molecule has 1 aliphatic rings. The van der Waals surface area contributed by atoms with E-state index in [9.17, 15) is 4.79 Å². The number of methoxy groups -OCH3 is 1. The van der Waals surface area contributed by atoms with Gasteiger partial charge in [0.1, 0.15) is 5.75 Å². The van der Waals surface area contributed by atoms with Crippen LogP contribution in [-0.2, 0) is 14.0 Å². The lowest BCUT2D eigenvalue weighted by atomic mass is 9.83. The van der Waals surface area contributed by atoms with Crippen molar-refractivity contribution in [2.75, 3.05) is 13.7 Å². The van der Waals surface area contributed by atoms with Crippen LogP contribution in [-0.4, -0.2) is 38.0 Å². The molecule has 5 nitrogen and oxygen atoms in total. The molecule has 0 atom stereocenters. The highest BCUT2D eigenvalue weighted by Crippen LogP contribution is 2.37. The van der Waals surface area contributed by atoms with Crippen molar-refractivity contribution in [1.29, 1.82) is 0 Å². The normalized spacial score (nSPS) is 18.7. The van der Waals surface area contributed by atoms with Gasteiger partial charge in [-0.2, -0.15) is 0 Å². The molecule has 0 bridgehead atoms. The highest BCUT2D eigenvalue weighted by atomic mass is 16.7. The number of rotatable bonds is 6. The lowest BCUT2D eigenvalue weighted by Crippen LogP contribution is -2.41. The third-order valence-corrected chi connectivity index (χ3v) is 4.43. The molecule has 1 aliphatic heterocycles. The molecule has 0 aromatic heterocycles. The van der Waals surface area contributed by atoms with Gasteiger partial charge in [0.05, 0.1) is 30.5 Å². The zero-order chi connectivity index (χ0) is 17.1. The van der Waals surface area contributed by atoms with Gasteiger partial charge in [0, 0.05) is 0 Å². The maximum atomic E-state index is 11.3. The molecular formula is C17H25BO5. The fraction of sp³-hybridized carbons (Fsp3) is 0.588. The molecule has 6 heteroatoms. The van der Waals surface area contributed by atoms with Gasteiger partial charge < -0.3 is 18.8 Å². The Hall–Kier alpha value is -1.53. The summed E-state index contributed by atoms with van der Waals surface area (Å²) in [7, 11) is 1.17. The molecule has 2 rings (SSSR count). The van der Waals surface area contributed by atoms with E-state index in [-0.39, 0.29) is 24.3 Å². The first kappa shape index (κ1) is 17.8. The lowest BCUT2D eigenvalue weighted by molar-refractivity contribution is 0.00578. The molecule has 0 unspecified atom stereocenters. The van der Waals surface area contributed by atoms with E-state index in [4.69, 9.17) is 14.0 Å². The topological polar surface area (TPSA) is 54.0 Å². The second-order valence-electron chi connectivity index (χ2n) is 6.69. The van der Waals surface area contributed by atoms with Crippen LogP contribution >= 0.6 is 0 Å². The van der Waals surface area contributed by atoms with E-state index in [0.717, 1.165) is 18.5 Å². The zero-order valence-electron chi connectivity index (χ0n) is 14.5. The van der Waals surface area contributed by atoms with Crippen molar-refractivity contribution >= 4 is 13.1 Å². The summed E-state index contributed by atoms with van der Waals surface area (Å²) in [5, 5.41) is 0. The molecule has 0 saturated carbocycles. The summed E-state index contributed by atoms with van der Waals surface area (Å²) in [5.41, 5.74) is -0.0677. The van der Waals surface area contributed by atoms with Crippen molar-refractivity contribution in [3.63, 3.8) is 0 Å². The van der Waals surface area contributed by atoms with E-state index in [0.29, 0.717) is 12.2 Å². The van der Waals surface area contributed by atoms with Crippen LogP contribution < -0.4 is 4.74 Å². The fourth-order valence-corrected chi connectivity index (χ4v) is 2.33. The molecule has 0 radical (unpaired) electrons. The third-order valence-electron chi connectivity index (χ3n) is 4.43. The number of carbonyl (C=O) groups excluding carboxylic acids is 1. The van der Waals surface area contributed by atoms with E-state index in [1.165, 1.54) is 7.11 Å². The van der Waals surface area contributed by atoms with Crippen molar-refractivity contribution in [2.45, 2.75) is 51.6 Å². The van der Waals surface area contributed by atoms with E-state index >= 15 is 0 Å². The molecule has 0 N–H and O–H groups in total. The quantitative estimate of drug-likeness (QED) is 0.457. The van der Waals surface area contributed by atoms with E-state index in [1.807, 2.05) is 27.7 Å². The molecule has 1 aromatic rings. The standard InChI is InChI=1S/C17H25BO5/c1-16(2)17(3,4)23-18(22-16)11-6-12-21-14-9-7-13(8-10-14)15(19)20-5/h7-10H,6,11-12H2,1-5H3. The van der Waals surface area contributed by atoms with E-state index in [1.54, 1.807) is 24.3 Å². The molecule has 0 amide bonds. The van der Waals surface area contributed by atoms with Gasteiger partial charge in [-0.15, -0.1) is 0 Å². The van der Waals surface area contributed by atoms with Crippen molar-refractivity contribution in [2.24, 2.45) is 0 Å². The minimum absolute atomic E-state index is 0.190. The third kappa shape index (κ3) is 4.27. The first-order valence-electron chi connectivity index (χ1n) is 7.92. The molecule has 0 spiro atoms. The number of esters is 1. The van der Waals surface area contributed by atoms with Gasteiger partial charge in [-0.25, -0.2) is 4.79 Å². The van der Waals surface area contributed by atoms with Gasteiger partial charge >= 0.3 is 13.1 Å². The summed E-state index contributed by atoms with van der Waals surface area (Å²) in [4.78, 5) is 11.3. The van der Waals surface area contributed by atoms with E-state index in [2.05, 4.69) is 4.74 Å². The Kier molecular flexibility index (Phi) is 5.37. The summed E-state index contributed by atoms with van der Waals surface area (Å²) >= 11 is 0. The average molecular weight is 320 g/mol. The van der Waals surface area contributed by atoms with Crippen LogP contribution in [0.15, 0.2) is 24.3 Å². The van der Waals surface area contributed by atoms with Crippen LogP contribution in [0.5, 0.6) is 5.75 Å². The summed E-state index contributed by atoms with van der Waals surface area (Å²) in [5.74, 6) is 0.379. The minimum atomic E-state index is -0.350. The Bertz CT molecular complexity index is 522. The van der Waals surface area contributed by atoms with Crippen molar-refractivity contribution in [3.05, 3.63) is 29.8 Å². The van der Waals surface area contributed by atoms with Gasteiger partial charge in [-0.1, -0.05) is 0 Å². The molecular weight excluding hydrogens is 295 g/mol. The van der Waals surface area contributed by atoms with Crippen LogP contribution in [0.25, 0.3) is 0 Å². The summed E-state index contributed by atoms with van der Waals surface area (Å²) < 4.78 is 22.2. The second-order valence-corrected chi connectivity index (χ2v) is 6.69. The Morgan fingerprint density at radius 2 is 1.65 bits per heavy atom. The summed E-state index contributed by atoms with van der Waals surface area (Å²) in [6.07, 6.45) is 1.61. The minimum Gasteiger partial charge on any atom is -0.494 e. The number of ether oxygens (including phenoxy) is 2. The van der Waals surface area contributed by atoms with Crippen LogP contribution in [0.1, 0.15) is 44.5 Å². The van der Waals surface area contributed by atoms with Crippen LogP contribution in [0, 0.1) is 0 Å². The number of hydrogen-bond acceptors (Lipinski definition) is 5. The molecule has 126 valence electrons. The number of hydrogen-bond donors (Lipinski definition) is 0. The first-order valence-corrected chi connectivity index (χ1v) is 7.92. The predicted molar refractivity (Wildman–Crippen MR) is 88.8 cm³/mol.